The van der Waals surface area contributed by atoms with Crippen molar-refractivity contribution in [2.24, 2.45) is 11.8 Å². The molecule has 1 N–H and O–H groups in total. The molecule has 2 nitrogen and oxygen atoms in total. The van der Waals surface area contributed by atoms with E-state index in [1.807, 2.05) is 27.7 Å². The SMILES string of the molecule is CCC(C)C(O)C(=O)CC(C)C. The van der Waals surface area contributed by atoms with E-state index in [9.17, 15) is 9.90 Å². The Bertz CT molecular complexity index is 141. The summed E-state index contributed by atoms with van der Waals surface area (Å²) in [5.41, 5.74) is 0. The van der Waals surface area contributed by atoms with E-state index in [4.69, 9.17) is 0 Å². The Balaban J connectivity index is 3.92. The van der Waals surface area contributed by atoms with Crippen LogP contribution in [0.1, 0.15) is 40.5 Å². The van der Waals surface area contributed by atoms with Gasteiger partial charge in [0.25, 0.3) is 0 Å². The van der Waals surface area contributed by atoms with Gasteiger partial charge in [-0.25, -0.2) is 0 Å². The van der Waals surface area contributed by atoms with Gasteiger partial charge in [-0.3, -0.25) is 4.79 Å². The maximum absolute atomic E-state index is 11.3. The molecular formula is C10H20O2. The number of carbonyl (C=O) groups is 1. The van der Waals surface area contributed by atoms with E-state index in [1.54, 1.807) is 0 Å². The van der Waals surface area contributed by atoms with E-state index in [1.165, 1.54) is 0 Å². The van der Waals surface area contributed by atoms with Crippen molar-refractivity contribution in [2.75, 3.05) is 0 Å². The molecule has 0 aliphatic heterocycles. The number of rotatable bonds is 5. The van der Waals surface area contributed by atoms with Gasteiger partial charge < -0.3 is 5.11 Å². The number of aliphatic hydroxyl groups excluding tert-OH is 1. The van der Waals surface area contributed by atoms with Gasteiger partial charge in [-0.15, -0.1) is 0 Å². The zero-order valence-electron chi connectivity index (χ0n) is 8.50. The molecule has 0 heterocycles. The summed E-state index contributed by atoms with van der Waals surface area (Å²) in [5.74, 6) is 0.423. The van der Waals surface area contributed by atoms with E-state index in [-0.39, 0.29) is 11.7 Å². The number of aliphatic hydroxyl groups is 1. The Morgan fingerprint density at radius 2 is 1.83 bits per heavy atom. The molecule has 0 radical (unpaired) electrons. The van der Waals surface area contributed by atoms with Crippen LogP contribution in [0.4, 0.5) is 0 Å². The van der Waals surface area contributed by atoms with Gasteiger partial charge in [0.05, 0.1) is 0 Å². The van der Waals surface area contributed by atoms with Crippen molar-refractivity contribution in [3.8, 4) is 0 Å². The number of Topliss-reactive ketones (excluding diaryl/α,β-unsaturated/α-hetero) is 1. The second-order valence-electron chi connectivity index (χ2n) is 3.89. The Morgan fingerprint density at radius 3 is 2.17 bits per heavy atom. The molecule has 0 saturated heterocycles. The lowest BCUT2D eigenvalue weighted by Gasteiger charge is -2.16. The summed E-state index contributed by atoms with van der Waals surface area (Å²) >= 11 is 0. The average molecular weight is 172 g/mol. The normalized spacial score (nSPS) is 16.2. The van der Waals surface area contributed by atoms with E-state index in [0.29, 0.717) is 12.3 Å². The molecule has 0 aromatic rings. The van der Waals surface area contributed by atoms with Gasteiger partial charge in [0, 0.05) is 6.42 Å². The molecule has 72 valence electrons. The Kier molecular flexibility index (Phi) is 5.14. The highest BCUT2D eigenvalue weighted by Crippen LogP contribution is 2.12. The third-order valence-electron chi connectivity index (χ3n) is 2.12. The largest absolute Gasteiger partial charge is 0.385 e. The lowest BCUT2D eigenvalue weighted by atomic mass is 9.94. The highest BCUT2D eigenvalue weighted by atomic mass is 16.3. The van der Waals surface area contributed by atoms with Crippen LogP contribution in [-0.2, 0) is 4.79 Å². The highest BCUT2D eigenvalue weighted by Gasteiger charge is 2.20. The van der Waals surface area contributed by atoms with Gasteiger partial charge in [-0.1, -0.05) is 34.1 Å². The van der Waals surface area contributed by atoms with Crippen LogP contribution in [0.5, 0.6) is 0 Å². The van der Waals surface area contributed by atoms with Gasteiger partial charge in [0.1, 0.15) is 6.10 Å². The van der Waals surface area contributed by atoms with Gasteiger partial charge in [0.2, 0.25) is 0 Å². The first kappa shape index (κ1) is 11.6. The van der Waals surface area contributed by atoms with Crippen LogP contribution in [0, 0.1) is 11.8 Å². The van der Waals surface area contributed by atoms with E-state index < -0.39 is 6.10 Å². The number of hydrogen-bond acceptors (Lipinski definition) is 2. The molecule has 0 aliphatic rings. The average Bonchev–Trinajstić information content (AvgIpc) is 2.00. The third-order valence-corrected chi connectivity index (χ3v) is 2.12. The van der Waals surface area contributed by atoms with Crippen molar-refractivity contribution in [1.29, 1.82) is 0 Å². The lowest BCUT2D eigenvalue weighted by Crippen LogP contribution is -2.28. The summed E-state index contributed by atoms with van der Waals surface area (Å²) in [5, 5.41) is 9.49. The first-order chi connectivity index (χ1) is 5.49. The molecule has 0 saturated carbocycles. The van der Waals surface area contributed by atoms with Gasteiger partial charge >= 0.3 is 0 Å². The van der Waals surface area contributed by atoms with Gasteiger partial charge in [-0.2, -0.15) is 0 Å². The Morgan fingerprint density at radius 1 is 1.33 bits per heavy atom. The topological polar surface area (TPSA) is 37.3 Å². The highest BCUT2D eigenvalue weighted by molar-refractivity contribution is 5.83. The van der Waals surface area contributed by atoms with Crippen molar-refractivity contribution in [1.82, 2.24) is 0 Å². The second kappa shape index (κ2) is 5.31. The van der Waals surface area contributed by atoms with E-state index in [0.717, 1.165) is 6.42 Å². The van der Waals surface area contributed by atoms with Crippen LogP contribution in [0.25, 0.3) is 0 Å². The van der Waals surface area contributed by atoms with Crippen LogP contribution < -0.4 is 0 Å². The minimum absolute atomic E-state index is 0.0145. The van der Waals surface area contributed by atoms with E-state index in [2.05, 4.69) is 0 Å². The van der Waals surface area contributed by atoms with Crippen molar-refractivity contribution < 1.29 is 9.90 Å². The maximum Gasteiger partial charge on any atom is 0.161 e. The van der Waals surface area contributed by atoms with Crippen LogP contribution in [0.3, 0.4) is 0 Å². The van der Waals surface area contributed by atoms with Crippen molar-refractivity contribution in [2.45, 2.75) is 46.6 Å². The molecule has 0 aromatic heterocycles. The molecule has 2 atom stereocenters. The fraction of sp³-hybridized carbons (Fsp3) is 0.900. The molecule has 0 rings (SSSR count). The lowest BCUT2D eigenvalue weighted by molar-refractivity contribution is -0.130. The summed E-state index contributed by atoms with van der Waals surface area (Å²) < 4.78 is 0. The fourth-order valence-electron chi connectivity index (χ4n) is 1.06. The molecule has 0 bridgehead atoms. The first-order valence-electron chi connectivity index (χ1n) is 4.69. The minimum atomic E-state index is -0.752. The smallest absolute Gasteiger partial charge is 0.161 e. The van der Waals surface area contributed by atoms with Crippen molar-refractivity contribution >= 4 is 5.78 Å². The predicted molar refractivity (Wildman–Crippen MR) is 49.9 cm³/mol. The summed E-state index contributed by atoms with van der Waals surface area (Å²) in [6.07, 6.45) is 0.591. The number of hydrogen-bond donors (Lipinski definition) is 1. The molecule has 0 amide bonds. The number of carbonyl (C=O) groups excluding carboxylic acids is 1. The second-order valence-corrected chi connectivity index (χ2v) is 3.89. The molecule has 2 heteroatoms. The molecule has 0 aliphatic carbocycles. The standard InChI is InChI=1S/C10H20O2/c1-5-8(4)10(12)9(11)6-7(2)3/h7-8,10,12H,5-6H2,1-4H3. The summed E-state index contributed by atoms with van der Waals surface area (Å²) in [4.78, 5) is 11.3. The zero-order valence-corrected chi connectivity index (χ0v) is 8.50. The van der Waals surface area contributed by atoms with Crippen LogP contribution in [0.15, 0.2) is 0 Å². The molecule has 0 spiro atoms. The van der Waals surface area contributed by atoms with Gasteiger partial charge in [-0.05, 0) is 11.8 Å². The third kappa shape index (κ3) is 3.86. The molecule has 0 fully saturated rings. The molecule has 0 aromatic carbocycles. The summed E-state index contributed by atoms with van der Waals surface area (Å²) in [6, 6.07) is 0. The summed E-state index contributed by atoms with van der Waals surface area (Å²) in [7, 11) is 0. The van der Waals surface area contributed by atoms with Crippen LogP contribution in [0.2, 0.25) is 0 Å². The minimum Gasteiger partial charge on any atom is -0.385 e. The number of ketones is 1. The van der Waals surface area contributed by atoms with Crippen molar-refractivity contribution in [3.63, 3.8) is 0 Å². The molecule has 12 heavy (non-hydrogen) atoms. The first-order valence-corrected chi connectivity index (χ1v) is 4.69. The van der Waals surface area contributed by atoms with Crippen molar-refractivity contribution in [3.05, 3.63) is 0 Å². The predicted octanol–water partition coefficient (Wildman–Crippen LogP) is 2.01. The summed E-state index contributed by atoms with van der Waals surface area (Å²) in [6.45, 7) is 7.86. The molecule has 2 unspecified atom stereocenters. The fourth-order valence-corrected chi connectivity index (χ4v) is 1.06. The Hall–Kier alpha value is -0.370. The maximum atomic E-state index is 11.3. The monoisotopic (exact) mass is 172 g/mol. The van der Waals surface area contributed by atoms with Crippen LogP contribution in [-0.4, -0.2) is 17.0 Å². The Labute approximate surface area is 75.0 Å². The van der Waals surface area contributed by atoms with Gasteiger partial charge in [0.15, 0.2) is 5.78 Å². The quantitative estimate of drug-likeness (QED) is 0.688. The zero-order chi connectivity index (χ0) is 9.72. The molecular weight excluding hydrogens is 152 g/mol. The van der Waals surface area contributed by atoms with E-state index >= 15 is 0 Å². The van der Waals surface area contributed by atoms with Crippen LogP contribution >= 0.6 is 0 Å².